The Bertz CT molecular complexity index is 1740. The summed E-state index contributed by atoms with van der Waals surface area (Å²) < 4.78 is 49.6. The number of ether oxygens (including phenoxy) is 3. The largest absolute Gasteiger partial charge is 0.485 e. The third-order valence-corrected chi connectivity index (χ3v) is 7.11. The maximum Gasteiger partial charge on any atom is 0.321 e. The molecule has 0 saturated heterocycles. The van der Waals surface area contributed by atoms with Crippen LogP contribution in [0, 0.1) is 0 Å². The first-order chi connectivity index (χ1) is 19.3. The van der Waals surface area contributed by atoms with E-state index in [2.05, 4.69) is 20.0 Å². The second-order valence-electron chi connectivity index (χ2n) is 8.40. The fraction of sp³-hybridized carbons (Fsp3) is 0.107. The minimum Gasteiger partial charge on any atom is -0.485 e. The standard InChI is InChI=1S/C28H24N4O7S/c1-36-26-16-25(30-28(31-26)37-2)32-40(34,35)21-13-10-19(11-14-21)29-27(33)24-15-12-20(39-24)17-38-23-9-5-7-18-6-3-4-8-22(18)23/h3-16H,17H2,1-2H3,(H,29,33)(H,30,31,32). The molecular weight excluding hydrogens is 536 g/mol. The van der Waals surface area contributed by atoms with Crippen molar-refractivity contribution in [1.29, 1.82) is 0 Å². The molecule has 204 valence electrons. The van der Waals surface area contributed by atoms with Crippen LogP contribution in [0.4, 0.5) is 11.5 Å². The number of hydrogen-bond donors (Lipinski definition) is 2. The highest BCUT2D eigenvalue weighted by Crippen LogP contribution is 2.26. The molecule has 40 heavy (non-hydrogen) atoms. The van der Waals surface area contributed by atoms with Crippen LogP contribution in [-0.4, -0.2) is 38.5 Å². The summed E-state index contributed by atoms with van der Waals surface area (Å²) in [6.45, 7) is 0.144. The van der Waals surface area contributed by atoms with Gasteiger partial charge in [-0.2, -0.15) is 9.97 Å². The highest BCUT2D eigenvalue weighted by atomic mass is 32.2. The van der Waals surface area contributed by atoms with Crippen molar-refractivity contribution < 1.29 is 31.8 Å². The summed E-state index contributed by atoms with van der Waals surface area (Å²) in [4.78, 5) is 20.6. The molecule has 0 fully saturated rings. The first-order valence-corrected chi connectivity index (χ1v) is 13.4. The molecule has 0 spiro atoms. The van der Waals surface area contributed by atoms with Crippen molar-refractivity contribution in [2.24, 2.45) is 0 Å². The van der Waals surface area contributed by atoms with Crippen LogP contribution < -0.4 is 24.2 Å². The lowest BCUT2D eigenvalue weighted by molar-refractivity contribution is 0.0992. The van der Waals surface area contributed by atoms with Crippen LogP contribution in [0.5, 0.6) is 17.6 Å². The predicted molar refractivity (Wildman–Crippen MR) is 147 cm³/mol. The first-order valence-electron chi connectivity index (χ1n) is 12.0. The van der Waals surface area contributed by atoms with Gasteiger partial charge in [-0.25, -0.2) is 8.42 Å². The molecule has 0 radical (unpaired) electrons. The second kappa shape index (κ2) is 11.3. The van der Waals surface area contributed by atoms with E-state index in [1.54, 1.807) is 12.1 Å². The molecule has 0 aliphatic carbocycles. The van der Waals surface area contributed by atoms with E-state index in [-0.39, 0.29) is 35.0 Å². The minimum absolute atomic E-state index is 0.0286. The molecule has 3 aromatic carbocycles. The fourth-order valence-corrected chi connectivity index (χ4v) is 4.80. The molecule has 1 amide bonds. The maximum atomic E-state index is 12.8. The van der Waals surface area contributed by atoms with Gasteiger partial charge >= 0.3 is 6.01 Å². The lowest BCUT2D eigenvalue weighted by atomic mass is 10.1. The van der Waals surface area contributed by atoms with Crippen LogP contribution in [-0.2, 0) is 16.6 Å². The first kappa shape index (κ1) is 26.5. The molecule has 0 bridgehead atoms. The van der Waals surface area contributed by atoms with Crippen LogP contribution in [0.1, 0.15) is 16.3 Å². The number of carbonyl (C=O) groups is 1. The molecule has 5 rings (SSSR count). The van der Waals surface area contributed by atoms with Crippen molar-refractivity contribution in [3.63, 3.8) is 0 Å². The Kier molecular flexibility index (Phi) is 7.51. The Hall–Kier alpha value is -5.10. The summed E-state index contributed by atoms with van der Waals surface area (Å²) in [7, 11) is -1.26. The Morgan fingerprint density at radius 3 is 2.45 bits per heavy atom. The molecule has 12 heteroatoms. The van der Waals surface area contributed by atoms with E-state index in [4.69, 9.17) is 18.6 Å². The summed E-state index contributed by atoms with van der Waals surface area (Å²) in [5.41, 5.74) is 0.374. The van der Waals surface area contributed by atoms with Gasteiger partial charge in [-0.15, -0.1) is 0 Å². The number of anilines is 2. The van der Waals surface area contributed by atoms with E-state index in [1.807, 2.05) is 42.5 Å². The summed E-state index contributed by atoms with van der Waals surface area (Å²) in [5, 5.41) is 4.72. The van der Waals surface area contributed by atoms with E-state index in [9.17, 15) is 13.2 Å². The summed E-state index contributed by atoms with van der Waals surface area (Å²) in [6.07, 6.45) is 0. The van der Waals surface area contributed by atoms with Gasteiger partial charge in [-0.05, 0) is 47.9 Å². The van der Waals surface area contributed by atoms with Gasteiger partial charge in [0.1, 0.15) is 18.1 Å². The number of sulfonamides is 1. The SMILES string of the molecule is COc1cc(NS(=O)(=O)c2ccc(NC(=O)c3ccc(COc4cccc5ccccc45)o3)cc2)nc(OC)n1. The summed E-state index contributed by atoms with van der Waals surface area (Å²) in [5.74, 6) is 0.876. The van der Waals surface area contributed by atoms with E-state index in [0.29, 0.717) is 17.2 Å². The molecule has 5 aromatic rings. The van der Waals surface area contributed by atoms with Crippen LogP contribution in [0.25, 0.3) is 10.8 Å². The van der Waals surface area contributed by atoms with Crippen LogP contribution in [0.15, 0.2) is 94.2 Å². The van der Waals surface area contributed by atoms with Gasteiger partial charge in [0.15, 0.2) is 11.6 Å². The third-order valence-electron chi connectivity index (χ3n) is 5.74. The van der Waals surface area contributed by atoms with Crippen molar-refractivity contribution in [1.82, 2.24) is 9.97 Å². The van der Waals surface area contributed by atoms with Gasteiger partial charge in [0.25, 0.3) is 15.9 Å². The topological polar surface area (TPSA) is 142 Å². The molecule has 0 atom stereocenters. The number of nitrogens with zero attached hydrogens (tertiary/aromatic N) is 2. The van der Waals surface area contributed by atoms with E-state index in [1.165, 1.54) is 44.6 Å². The average molecular weight is 561 g/mol. The number of fused-ring (bicyclic) bond motifs is 1. The third kappa shape index (κ3) is 5.97. The van der Waals surface area contributed by atoms with Crippen LogP contribution in [0.2, 0.25) is 0 Å². The van der Waals surface area contributed by atoms with Gasteiger partial charge < -0.3 is 23.9 Å². The molecular formula is C28H24N4O7S. The lowest BCUT2D eigenvalue weighted by Crippen LogP contribution is -2.15. The zero-order valence-corrected chi connectivity index (χ0v) is 22.3. The van der Waals surface area contributed by atoms with Gasteiger partial charge in [-0.3, -0.25) is 9.52 Å². The van der Waals surface area contributed by atoms with Crippen molar-refractivity contribution in [2.75, 3.05) is 24.3 Å². The molecule has 2 aromatic heterocycles. The van der Waals surface area contributed by atoms with Gasteiger partial charge in [0.05, 0.1) is 19.1 Å². The van der Waals surface area contributed by atoms with Gasteiger partial charge in [-0.1, -0.05) is 36.4 Å². The van der Waals surface area contributed by atoms with Gasteiger partial charge in [0, 0.05) is 17.1 Å². The Labute approximate surface area is 229 Å². The van der Waals surface area contributed by atoms with Crippen molar-refractivity contribution in [3.8, 4) is 17.6 Å². The molecule has 2 heterocycles. The highest BCUT2D eigenvalue weighted by Gasteiger charge is 2.18. The molecule has 11 nitrogen and oxygen atoms in total. The molecule has 0 aliphatic rings. The predicted octanol–water partition coefficient (Wildman–Crippen LogP) is 4.87. The van der Waals surface area contributed by atoms with Crippen LogP contribution >= 0.6 is 0 Å². The number of nitrogens with one attached hydrogen (secondary N) is 2. The smallest absolute Gasteiger partial charge is 0.321 e. The molecule has 0 unspecified atom stereocenters. The van der Waals surface area contributed by atoms with Crippen molar-refractivity contribution >= 4 is 38.2 Å². The normalized spacial score (nSPS) is 11.2. The van der Waals surface area contributed by atoms with Crippen molar-refractivity contribution in [2.45, 2.75) is 11.5 Å². The maximum absolute atomic E-state index is 12.8. The Balaban J connectivity index is 1.21. The molecule has 2 N–H and O–H groups in total. The quantitative estimate of drug-likeness (QED) is 0.245. The van der Waals surface area contributed by atoms with Gasteiger partial charge in [0.2, 0.25) is 5.88 Å². The molecule has 0 aliphatic heterocycles. The number of methoxy groups -OCH3 is 2. The number of aromatic nitrogens is 2. The average Bonchev–Trinajstić information content (AvgIpc) is 3.45. The number of furan rings is 1. The monoisotopic (exact) mass is 560 g/mol. The lowest BCUT2D eigenvalue weighted by Gasteiger charge is -2.10. The minimum atomic E-state index is -4.00. The zero-order valence-electron chi connectivity index (χ0n) is 21.5. The second-order valence-corrected chi connectivity index (χ2v) is 10.1. The summed E-state index contributed by atoms with van der Waals surface area (Å²) >= 11 is 0. The Morgan fingerprint density at radius 2 is 1.68 bits per heavy atom. The van der Waals surface area contributed by atoms with Crippen molar-refractivity contribution in [3.05, 3.63) is 96.4 Å². The fourth-order valence-electron chi connectivity index (χ4n) is 3.81. The Morgan fingerprint density at radius 1 is 0.900 bits per heavy atom. The molecule has 0 saturated carbocycles. The number of carbonyl (C=O) groups excluding carboxylic acids is 1. The van der Waals surface area contributed by atoms with E-state index in [0.717, 1.165) is 10.8 Å². The number of amides is 1. The summed E-state index contributed by atoms with van der Waals surface area (Å²) in [6, 6.07) is 23.8. The zero-order chi connectivity index (χ0) is 28.1. The number of hydrogen-bond acceptors (Lipinski definition) is 9. The number of rotatable bonds is 10. The van der Waals surface area contributed by atoms with E-state index >= 15 is 0 Å². The number of benzene rings is 3. The van der Waals surface area contributed by atoms with Crippen LogP contribution in [0.3, 0.4) is 0 Å². The highest BCUT2D eigenvalue weighted by molar-refractivity contribution is 7.92. The van der Waals surface area contributed by atoms with E-state index < -0.39 is 15.9 Å².